The molecule has 130 valence electrons. The Morgan fingerprint density at radius 1 is 1.24 bits per heavy atom. The summed E-state index contributed by atoms with van der Waals surface area (Å²) in [4.78, 5) is 25.4. The van der Waals surface area contributed by atoms with Gasteiger partial charge in [-0.2, -0.15) is 0 Å². The van der Waals surface area contributed by atoms with Crippen LogP contribution in [-0.4, -0.2) is 36.5 Å². The third-order valence-corrected chi connectivity index (χ3v) is 3.94. The minimum absolute atomic E-state index is 0.0673. The summed E-state index contributed by atoms with van der Waals surface area (Å²) in [6, 6.07) is 15.2. The van der Waals surface area contributed by atoms with Gasteiger partial charge in [0.2, 0.25) is 5.91 Å². The monoisotopic (exact) mass is 339 g/mol. The highest BCUT2D eigenvalue weighted by Crippen LogP contribution is 2.27. The lowest BCUT2D eigenvalue weighted by molar-refractivity contribution is -0.123. The van der Waals surface area contributed by atoms with Gasteiger partial charge in [0.1, 0.15) is 18.9 Å². The molecule has 1 fully saturated rings. The number of nitrogens with one attached hydrogen (secondary N) is 2. The SMILES string of the molecule is Cc1ccc(OCc2ccccc2)c(NC(=O)N2CCNC(=O)C2)c1. The van der Waals surface area contributed by atoms with E-state index in [2.05, 4.69) is 10.6 Å². The number of nitrogens with zero attached hydrogens (tertiary/aromatic N) is 1. The summed E-state index contributed by atoms with van der Waals surface area (Å²) < 4.78 is 5.88. The molecule has 1 aliphatic rings. The molecule has 0 bridgehead atoms. The Kier molecular flexibility index (Phi) is 5.18. The maximum Gasteiger partial charge on any atom is 0.322 e. The number of carbonyl (C=O) groups is 2. The number of urea groups is 1. The molecule has 1 saturated heterocycles. The molecule has 2 N–H and O–H groups in total. The van der Waals surface area contributed by atoms with Gasteiger partial charge in [-0.3, -0.25) is 4.79 Å². The predicted octanol–water partition coefficient (Wildman–Crippen LogP) is 2.54. The Labute approximate surface area is 146 Å². The van der Waals surface area contributed by atoms with Gasteiger partial charge in [-0.25, -0.2) is 4.79 Å². The van der Waals surface area contributed by atoms with Crippen LogP contribution in [0.4, 0.5) is 10.5 Å². The second-order valence-corrected chi connectivity index (χ2v) is 5.98. The number of aryl methyl sites for hydroxylation is 1. The van der Waals surface area contributed by atoms with Gasteiger partial charge in [0.25, 0.3) is 0 Å². The number of hydrogen-bond donors (Lipinski definition) is 2. The number of amides is 3. The molecule has 1 heterocycles. The van der Waals surface area contributed by atoms with Gasteiger partial charge in [-0.05, 0) is 30.2 Å². The number of piperazine rings is 1. The largest absolute Gasteiger partial charge is 0.487 e. The lowest BCUT2D eigenvalue weighted by atomic mass is 10.2. The first-order valence-electron chi connectivity index (χ1n) is 8.22. The first kappa shape index (κ1) is 16.8. The molecule has 0 atom stereocenters. The van der Waals surface area contributed by atoms with E-state index < -0.39 is 0 Å². The van der Waals surface area contributed by atoms with Gasteiger partial charge >= 0.3 is 6.03 Å². The molecule has 2 aromatic carbocycles. The van der Waals surface area contributed by atoms with Crippen LogP contribution in [0.25, 0.3) is 0 Å². The van der Waals surface area contributed by atoms with Crippen molar-refractivity contribution in [1.82, 2.24) is 10.2 Å². The molecule has 25 heavy (non-hydrogen) atoms. The average molecular weight is 339 g/mol. The quantitative estimate of drug-likeness (QED) is 0.899. The van der Waals surface area contributed by atoms with Gasteiger partial charge in [0.05, 0.1) is 5.69 Å². The Morgan fingerprint density at radius 2 is 2.04 bits per heavy atom. The van der Waals surface area contributed by atoms with Crippen molar-refractivity contribution in [2.24, 2.45) is 0 Å². The minimum atomic E-state index is -0.301. The van der Waals surface area contributed by atoms with Gasteiger partial charge in [0, 0.05) is 13.1 Å². The number of hydrogen-bond acceptors (Lipinski definition) is 3. The highest BCUT2D eigenvalue weighted by Gasteiger charge is 2.22. The van der Waals surface area contributed by atoms with E-state index in [0.717, 1.165) is 11.1 Å². The summed E-state index contributed by atoms with van der Waals surface area (Å²) in [5, 5.41) is 5.56. The van der Waals surface area contributed by atoms with E-state index in [0.29, 0.717) is 31.1 Å². The first-order chi connectivity index (χ1) is 12.1. The topological polar surface area (TPSA) is 70.7 Å². The first-order valence-corrected chi connectivity index (χ1v) is 8.22. The lowest BCUT2D eigenvalue weighted by Crippen LogP contribution is -2.51. The van der Waals surface area contributed by atoms with Crippen LogP contribution < -0.4 is 15.4 Å². The van der Waals surface area contributed by atoms with Crippen molar-refractivity contribution in [3.63, 3.8) is 0 Å². The molecule has 1 aliphatic heterocycles. The highest BCUT2D eigenvalue weighted by atomic mass is 16.5. The number of ether oxygens (including phenoxy) is 1. The van der Waals surface area contributed by atoms with Crippen LogP contribution in [0.1, 0.15) is 11.1 Å². The van der Waals surface area contributed by atoms with Crippen LogP contribution in [0.15, 0.2) is 48.5 Å². The van der Waals surface area contributed by atoms with Crippen molar-refractivity contribution in [2.45, 2.75) is 13.5 Å². The fourth-order valence-corrected chi connectivity index (χ4v) is 2.61. The van der Waals surface area contributed by atoms with Crippen molar-refractivity contribution >= 4 is 17.6 Å². The Hall–Kier alpha value is -3.02. The van der Waals surface area contributed by atoms with E-state index in [9.17, 15) is 9.59 Å². The van der Waals surface area contributed by atoms with Crippen LogP contribution in [0.2, 0.25) is 0 Å². The van der Waals surface area contributed by atoms with E-state index in [1.54, 1.807) is 0 Å². The van der Waals surface area contributed by atoms with Crippen LogP contribution in [0.5, 0.6) is 5.75 Å². The second kappa shape index (κ2) is 7.70. The Balaban J connectivity index is 1.70. The second-order valence-electron chi connectivity index (χ2n) is 5.98. The molecule has 0 unspecified atom stereocenters. The summed E-state index contributed by atoms with van der Waals surface area (Å²) in [6.45, 7) is 3.39. The zero-order valence-corrected chi connectivity index (χ0v) is 14.1. The van der Waals surface area contributed by atoms with Crippen molar-refractivity contribution in [3.05, 3.63) is 59.7 Å². The van der Waals surface area contributed by atoms with Gasteiger partial charge in [0.15, 0.2) is 0 Å². The Bertz CT molecular complexity index is 762. The number of anilines is 1. The van der Waals surface area contributed by atoms with Crippen molar-refractivity contribution in [1.29, 1.82) is 0 Å². The fraction of sp³-hybridized carbons (Fsp3) is 0.263. The zero-order chi connectivity index (χ0) is 17.6. The lowest BCUT2D eigenvalue weighted by Gasteiger charge is -2.27. The molecule has 3 amide bonds. The zero-order valence-electron chi connectivity index (χ0n) is 14.1. The third-order valence-electron chi connectivity index (χ3n) is 3.94. The van der Waals surface area contributed by atoms with Gasteiger partial charge in [-0.1, -0.05) is 36.4 Å². The number of benzene rings is 2. The summed E-state index contributed by atoms with van der Waals surface area (Å²) in [6.07, 6.45) is 0. The van der Waals surface area contributed by atoms with Crippen molar-refractivity contribution in [2.75, 3.05) is 25.0 Å². The summed E-state index contributed by atoms with van der Waals surface area (Å²) in [7, 11) is 0. The van der Waals surface area contributed by atoms with E-state index in [4.69, 9.17) is 4.74 Å². The highest BCUT2D eigenvalue weighted by molar-refractivity contribution is 5.94. The van der Waals surface area contributed by atoms with E-state index >= 15 is 0 Å². The molecule has 6 heteroatoms. The van der Waals surface area contributed by atoms with Crippen LogP contribution in [0, 0.1) is 6.92 Å². The third kappa shape index (κ3) is 4.50. The maximum absolute atomic E-state index is 12.4. The molecule has 2 aromatic rings. The van der Waals surface area contributed by atoms with Crippen LogP contribution >= 0.6 is 0 Å². The number of rotatable bonds is 4. The average Bonchev–Trinajstić information content (AvgIpc) is 2.62. The molecule has 0 saturated carbocycles. The van der Waals surface area contributed by atoms with E-state index in [1.807, 2.05) is 55.5 Å². The number of carbonyl (C=O) groups excluding carboxylic acids is 2. The molecular formula is C19H21N3O3. The summed E-state index contributed by atoms with van der Waals surface area (Å²) >= 11 is 0. The summed E-state index contributed by atoms with van der Waals surface area (Å²) in [5.74, 6) is 0.454. The van der Waals surface area contributed by atoms with Crippen LogP contribution in [-0.2, 0) is 11.4 Å². The van der Waals surface area contributed by atoms with Gasteiger partial charge in [-0.15, -0.1) is 0 Å². The molecule has 0 radical (unpaired) electrons. The van der Waals surface area contributed by atoms with Crippen LogP contribution in [0.3, 0.4) is 0 Å². The maximum atomic E-state index is 12.4. The smallest absolute Gasteiger partial charge is 0.322 e. The molecule has 0 aromatic heterocycles. The molecule has 0 spiro atoms. The molecule has 0 aliphatic carbocycles. The molecule has 6 nitrogen and oxygen atoms in total. The fourth-order valence-electron chi connectivity index (χ4n) is 2.61. The molecule has 3 rings (SSSR count). The Morgan fingerprint density at radius 3 is 2.80 bits per heavy atom. The summed E-state index contributed by atoms with van der Waals surface area (Å²) in [5.41, 5.74) is 2.67. The van der Waals surface area contributed by atoms with E-state index in [1.165, 1.54) is 4.90 Å². The minimum Gasteiger partial charge on any atom is -0.487 e. The van der Waals surface area contributed by atoms with E-state index in [-0.39, 0.29) is 18.5 Å². The standard InChI is InChI=1S/C19H21N3O3/c1-14-7-8-17(25-13-15-5-3-2-4-6-15)16(11-14)21-19(24)22-10-9-20-18(23)12-22/h2-8,11H,9-10,12-13H2,1H3,(H,20,23)(H,21,24). The van der Waals surface area contributed by atoms with Gasteiger partial charge < -0.3 is 20.3 Å². The normalized spacial score (nSPS) is 14.0. The van der Waals surface area contributed by atoms with Crippen molar-refractivity contribution < 1.29 is 14.3 Å². The van der Waals surface area contributed by atoms with Crippen molar-refractivity contribution in [3.8, 4) is 5.75 Å². The molecular weight excluding hydrogens is 318 g/mol. The predicted molar refractivity (Wildman–Crippen MR) is 95.6 cm³/mol.